The van der Waals surface area contributed by atoms with E-state index in [1.54, 1.807) is 44.2 Å². The Hall–Kier alpha value is -11.7. The Morgan fingerprint density at radius 2 is 0.626 bits per heavy atom. The van der Waals surface area contributed by atoms with E-state index in [2.05, 4.69) is 57.4 Å². The Balaban J connectivity index is -0.000000390. The fourth-order valence-corrected chi connectivity index (χ4v) is 5.65. The number of carboxylic acids is 6. The van der Waals surface area contributed by atoms with Crippen LogP contribution in [-0.2, 0) is 143 Å². The van der Waals surface area contributed by atoms with Crippen molar-refractivity contribution in [2.45, 2.75) is 184 Å². The van der Waals surface area contributed by atoms with E-state index >= 15 is 0 Å². The molecule has 0 saturated heterocycles. The topological polar surface area (TPSA) is 657 Å². The van der Waals surface area contributed by atoms with Gasteiger partial charge in [-0.3, -0.25) is 57.5 Å². The Kier molecular flexibility index (Phi) is 63.2. The van der Waals surface area contributed by atoms with Gasteiger partial charge < -0.3 is 123 Å². The van der Waals surface area contributed by atoms with Gasteiger partial charge in [-0.05, 0) is 64.5 Å². The number of esters is 8. The van der Waals surface area contributed by atoms with Gasteiger partial charge in [0.15, 0.2) is 12.2 Å². The number of nitrogens with two attached hydrogens (primary N) is 2. The fourth-order valence-electron chi connectivity index (χ4n) is 5.65. The van der Waals surface area contributed by atoms with Crippen molar-refractivity contribution in [3.8, 4) is 0 Å². The summed E-state index contributed by atoms with van der Waals surface area (Å²) in [5.74, 6) is -11.9. The number of aliphatic carboxylic acids is 6. The van der Waals surface area contributed by atoms with Crippen LogP contribution in [0.2, 0.25) is 0 Å². The number of nitrogens with one attached hydrogen (secondary N) is 1. The van der Waals surface area contributed by atoms with Crippen molar-refractivity contribution in [2.75, 3.05) is 59.3 Å². The maximum atomic E-state index is 11.7. The zero-order chi connectivity index (χ0) is 83.0. The molecule has 107 heavy (non-hydrogen) atoms. The second-order valence-corrected chi connectivity index (χ2v) is 20.5. The highest BCUT2D eigenvalue weighted by atomic mass is 16.8. The lowest BCUT2D eigenvalue weighted by atomic mass is 10.2. The minimum Gasteiger partial charge on any atom is -0.481 e. The van der Waals surface area contributed by atoms with Gasteiger partial charge in [-0.2, -0.15) is 0 Å². The molecule has 608 valence electrons. The molecule has 1 rings (SSSR count). The van der Waals surface area contributed by atoms with Gasteiger partial charge in [0.05, 0.1) is 64.2 Å². The minimum atomic E-state index is -1.11. The van der Waals surface area contributed by atoms with Gasteiger partial charge in [0.2, 0.25) is 31.1 Å². The van der Waals surface area contributed by atoms with Crippen molar-refractivity contribution in [2.24, 2.45) is 17.4 Å². The van der Waals surface area contributed by atoms with Crippen LogP contribution in [0.1, 0.15) is 157 Å². The van der Waals surface area contributed by atoms with Crippen LogP contribution in [0.3, 0.4) is 0 Å². The molecule has 0 bridgehead atoms. The number of rotatable bonds is 42. The first-order valence-electron chi connectivity index (χ1n) is 31.8. The van der Waals surface area contributed by atoms with Crippen LogP contribution in [0.25, 0.3) is 0 Å². The molecule has 44 nitrogen and oxygen atoms in total. The van der Waals surface area contributed by atoms with Crippen LogP contribution in [0.15, 0.2) is 30.3 Å². The van der Waals surface area contributed by atoms with Crippen LogP contribution in [0.5, 0.6) is 0 Å². The molecule has 0 aromatic heterocycles. The summed E-state index contributed by atoms with van der Waals surface area (Å²) in [4.78, 5) is 204. The van der Waals surface area contributed by atoms with E-state index in [-0.39, 0.29) is 148 Å². The molecular formula is C63H95N3O41. The van der Waals surface area contributed by atoms with E-state index in [0.717, 1.165) is 0 Å². The second kappa shape index (κ2) is 65.1. The molecule has 0 heterocycles. The SMILES string of the molecule is CC(=O)NCC(=O)OC(C)C(=O)OCCCC(=O)O.CC(=O)OC(C)OC(=O)OCCCC(=O)O.CC(OC(=O)CN)C(=O)OCCCC(=O)O.CC(OC(=O)CN)OC(=O)OCCCC(=O)O.CC(OC(=O)OCCCC(=O)O)OC(=O)C(C)C.CC(OC(=O)OCCCC(=O)O)OC(=O)c1ccccc1. The third-order valence-electron chi connectivity index (χ3n) is 10.4. The molecule has 1 amide bonds. The Morgan fingerprint density at radius 1 is 0.346 bits per heavy atom. The molecule has 11 N–H and O–H groups in total. The third kappa shape index (κ3) is 75.3. The maximum Gasteiger partial charge on any atom is 0.511 e. The smallest absolute Gasteiger partial charge is 0.481 e. The highest BCUT2D eigenvalue weighted by Gasteiger charge is 2.23. The summed E-state index contributed by atoms with van der Waals surface area (Å²) in [6.45, 7) is 12.5. The normalized spacial score (nSPS) is 11.4. The predicted molar refractivity (Wildman–Crippen MR) is 349 cm³/mol. The number of carboxylic acid groups (broad SMARTS) is 6. The highest BCUT2D eigenvalue weighted by molar-refractivity contribution is 5.89. The monoisotopic (exact) mass is 1550 g/mol. The quantitative estimate of drug-likeness (QED) is 0.0196. The predicted octanol–water partition coefficient (Wildman–Crippen LogP) is 3.27. The molecule has 6 unspecified atom stereocenters. The van der Waals surface area contributed by atoms with E-state index in [1.165, 1.54) is 55.4 Å². The average Bonchev–Trinajstić information content (AvgIpc) is 0.917. The van der Waals surface area contributed by atoms with Gasteiger partial charge in [-0.1, -0.05) is 32.0 Å². The number of hydrogen-bond donors (Lipinski definition) is 9. The van der Waals surface area contributed by atoms with E-state index < -0.39 is 146 Å². The number of carbonyl (C=O) groups is 19. The van der Waals surface area contributed by atoms with E-state index in [1.807, 2.05) is 0 Å². The molecule has 1 aromatic rings. The van der Waals surface area contributed by atoms with Crippen LogP contribution < -0.4 is 16.8 Å². The van der Waals surface area contributed by atoms with Crippen LogP contribution in [-0.4, -0.2) is 241 Å². The van der Waals surface area contributed by atoms with E-state index in [9.17, 15) is 91.1 Å². The Labute approximate surface area is 611 Å². The van der Waals surface area contributed by atoms with Crippen LogP contribution in [0.4, 0.5) is 19.2 Å². The summed E-state index contributed by atoms with van der Waals surface area (Å²) in [6.07, 6.45) is -9.85. The zero-order valence-electron chi connectivity index (χ0n) is 60.4. The summed E-state index contributed by atoms with van der Waals surface area (Å²) in [5, 5.41) is 52.3. The lowest BCUT2D eigenvalue weighted by Crippen LogP contribution is -2.33. The molecule has 0 aliphatic rings. The molecule has 0 spiro atoms. The second-order valence-electron chi connectivity index (χ2n) is 20.5. The van der Waals surface area contributed by atoms with Crippen molar-refractivity contribution >= 4 is 114 Å². The van der Waals surface area contributed by atoms with Gasteiger partial charge in [0.25, 0.3) is 0 Å². The van der Waals surface area contributed by atoms with Crippen LogP contribution >= 0.6 is 0 Å². The van der Waals surface area contributed by atoms with Crippen molar-refractivity contribution in [1.29, 1.82) is 0 Å². The van der Waals surface area contributed by atoms with Crippen molar-refractivity contribution in [3.05, 3.63) is 35.9 Å². The lowest BCUT2D eigenvalue weighted by molar-refractivity contribution is -0.172. The van der Waals surface area contributed by atoms with Gasteiger partial charge >= 0.3 is 108 Å². The van der Waals surface area contributed by atoms with Crippen molar-refractivity contribution in [3.63, 3.8) is 0 Å². The van der Waals surface area contributed by atoms with Gasteiger partial charge in [-0.25, -0.2) is 33.6 Å². The first kappa shape index (κ1) is 104. The van der Waals surface area contributed by atoms with Crippen molar-refractivity contribution < 1.29 is 198 Å². The largest absolute Gasteiger partial charge is 0.511 e. The Bertz CT molecular complexity index is 2920. The fraction of sp³-hybridized carbons (Fsp3) is 0.603. The maximum absolute atomic E-state index is 11.7. The molecule has 0 radical (unpaired) electrons. The lowest BCUT2D eigenvalue weighted by Gasteiger charge is -2.15. The van der Waals surface area contributed by atoms with Gasteiger partial charge in [0, 0.05) is 80.1 Å². The van der Waals surface area contributed by atoms with Gasteiger partial charge in [0.1, 0.15) is 6.54 Å². The summed E-state index contributed by atoms with van der Waals surface area (Å²) in [7, 11) is 0. The van der Waals surface area contributed by atoms with Crippen LogP contribution in [0, 0.1) is 5.92 Å². The standard InChI is InChI=1S/C14H16O7.C11H17NO7.C11H18O7.C9H15NO7.C9H15NO6.C9H14O7/c1-10(20-13(17)11-6-3-2-4-7-11)21-14(18)19-9-5-8-12(15)16;1-7(19-10(16)6-12-8(2)13)11(17)18-5-3-4-9(14)15;1-7(2)10(14)17-8(3)18-11(15)16-6-4-5-9(12)13;1-6(16-8(13)5-10)17-9(14)15-4-2-3-7(11)12;1-6(16-8(13)5-10)9(14)15-4-2-3-7(11)12;1-6(10)15-7(2)16-9(13)14-5-3-4-8(11)12/h2-4,6-7,10H,5,8-9H2,1H3,(H,15,16);7H,3-6H2,1-2H3,(H,12,13)(H,14,15);7-8H,4-6H2,1-3H3,(H,12,13);6H,2-5,10H2,1H3,(H,11,12);6H,2-5,10H2,1H3,(H,11,12);7H,3-5H2,1-2H3,(H,11,12). The number of amides is 1. The number of ether oxygens (including phenoxy) is 16. The van der Waals surface area contributed by atoms with Crippen molar-refractivity contribution in [1.82, 2.24) is 5.32 Å². The first-order chi connectivity index (χ1) is 50.0. The highest BCUT2D eigenvalue weighted by Crippen LogP contribution is 2.08. The molecule has 0 aliphatic carbocycles. The minimum absolute atomic E-state index is 0.0182. The molecule has 44 heteroatoms. The summed E-state index contributed by atoms with van der Waals surface area (Å²) in [5.41, 5.74) is 10.3. The third-order valence-corrected chi connectivity index (χ3v) is 10.4. The van der Waals surface area contributed by atoms with E-state index in [0.29, 0.717) is 5.56 Å². The Morgan fingerprint density at radius 3 is 0.916 bits per heavy atom. The summed E-state index contributed by atoms with van der Waals surface area (Å²) < 4.78 is 74.0. The molecular weight excluding hydrogens is 1450 g/mol. The molecule has 0 fully saturated rings. The number of hydrogen-bond acceptors (Lipinski definition) is 37. The summed E-state index contributed by atoms with van der Waals surface area (Å²) in [6, 6.07) is 8.25. The molecule has 0 saturated carbocycles. The van der Waals surface area contributed by atoms with E-state index in [4.69, 9.17) is 65.8 Å². The molecule has 6 atom stereocenters. The zero-order valence-corrected chi connectivity index (χ0v) is 60.4. The average molecular weight is 1550 g/mol. The number of carbonyl (C=O) groups excluding carboxylic acids is 13. The first-order valence-corrected chi connectivity index (χ1v) is 31.8. The number of benzene rings is 1. The molecule has 1 aromatic carbocycles. The van der Waals surface area contributed by atoms with Gasteiger partial charge in [-0.15, -0.1) is 0 Å². The molecule has 0 aliphatic heterocycles. The summed E-state index contributed by atoms with van der Waals surface area (Å²) >= 11 is 0.